The molecule has 21 heavy (non-hydrogen) atoms. The van der Waals surface area contributed by atoms with Gasteiger partial charge in [0, 0.05) is 25.7 Å². The normalized spacial score (nSPS) is 24.6. The van der Waals surface area contributed by atoms with Crippen molar-refractivity contribution in [2.45, 2.75) is 26.3 Å². The molecule has 3 atom stereocenters. The molecular weight excluding hydrogens is 264 g/mol. The van der Waals surface area contributed by atoms with Gasteiger partial charge < -0.3 is 20.1 Å². The Morgan fingerprint density at radius 1 is 1.14 bits per heavy atom. The van der Waals surface area contributed by atoms with Crippen molar-refractivity contribution in [3.05, 3.63) is 23.8 Å². The van der Waals surface area contributed by atoms with Gasteiger partial charge in [0.15, 0.2) is 11.5 Å². The molecule has 1 heterocycles. The lowest BCUT2D eigenvalue weighted by Crippen LogP contribution is -2.42. The van der Waals surface area contributed by atoms with Gasteiger partial charge in [-0.1, -0.05) is 19.9 Å². The lowest BCUT2D eigenvalue weighted by Gasteiger charge is -2.36. The predicted molar refractivity (Wildman–Crippen MR) is 85.9 cm³/mol. The molecule has 1 aliphatic rings. The molecule has 1 aliphatic heterocycles. The Labute approximate surface area is 128 Å². The van der Waals surface area contributed by atoms with E-state index in [1.165, 1.54) is 6.42 Å². The number of benzene rings is 1. The Hall–Kier alpha value is -1.26. The highest BCUT2D eigenvalue weighted by Gasteiger charge is 2.23. The lowest BCUT2D eigenvalue weighted by molar-refractivity contribution is 0.134. The fraction of sp³-hybridized carbons (Fsp3) is 0.647. The number of hydrogen-bond donors (Lipinski definition) is 1. The zero-order valence-corrected chi connectivity index (χ0v) is 13.6. The molecule has 1 aromatic carbocycles. The largest absolute Gasteiger partial charge is 0.493 e. The molecule has 4 nitrogen and oxygen atoms in total. The van der Waals surface area contributed by atoms with Gasteiger partial charge in [0.05, 0.1) is 14.2 Å². The fourth-order valence-electron chi connectivity index (χ4n) is 3.41. The number of rotatable bonds is 5. The van der Waals surface area contributed by atoms with Crippen molar-refractivity contribution >= 4 is 0 Å². The molecular formula is C17H28N2O2. The van der Waals surface area contributed by atoms with E-state index in [0.717, 1.165) is 48.5 Å². The lowest BCUT2D eigenvalue weighted by atomic mass is 9.91. The van der Waals surface area contributed by atoms with Crippen LogP contribution in [0, 0.1) is 11.8 Å². The first-order chi connectivity index (χ1) is 10.0. The van der Waals surface area contributed by atoms with E-state index in [1.807, 2.05) is 18.2 Å². The summed E-state index contributed by atoms with van der Waals surface area (Å²) in [5.74, 6) is 3.00. The number of likely N-dealkylation sites (tertiary alicyclic amines) is 1. The van der Waals surface area contributed by atoms with Gasteiger partial charge in [-0.3, -0.25) is 0 Å². The van der Waals surface area contributed by atoms with Crippen LogP contribution in [0.2, 0.25) is 0 Å². The average Bonchev–Trinajstić information content (AvgIpc) is 2.45. The second kappa shape index (κ2) is 7.14. The van der Waals surface area contributed by atoms with Crippen molar-refractivity contribution < 1.29 is 9.47 Å². The van der Waals surface area contributed by atoms with E-state index in [-0.39, 0.29) is 6.04 Å². The van der Waals surface area contributed by atoms with Gasteiger partial charge in [0.25, 0.3) is 0 Å². The van der Waals surface area contributed by atoms with Gasteiger partial charge >= 0.3 is 0 Å². The summed E-state index contributed by atoms with van der Waals surface area (Å²) in [5, 5.41) is 0. The van der Waals surface area contributed by atoms with Gasteiger partial charge in [0.2, 0.25) is 0 Å². The average molecular weight is 292 g/mol. The van der Waals surface area contributed by atoms with E-state index in [0.29, 0.717) is 0 Å². The van der Waals surface area contributed by atoms with E-state index < -0.39 is 0 Å². The van der Waals surface area contributed by atoms with Crippen molar-refractivity contribution in [1.29, 1.82) is 0 Å². The minimum Gasteiger partial charge on any atom is -0.493 e. The van der Waals surface area contributed by atoms with Crippen molar-refractivity contribution in [2.75, 3.05) is 33.9 Å². The predicted octanol–water partition coefficient (Wildman–Crippen LogP) is 2.68. The highest BCUT2D eigenvalue weighted by atomic mass is 16.5. The second-order valence-corrected chi connectivity index (χ2v) is 6.39. The smallest absolute Gasteiger partial charge is 0.161 e. The number of piperidine rings is 1. The summed E-state index contributed by atoms with van der Waals surface area (Å²) in [7, 11) is 3.30. The van der Waals surface area contributed by atoms with Gasteiger partial charge in [0.1, 0.15) is 0 Å². The molecule has 1 saturated heterocycles. The third-order valence-electron chi connectivity index (χ3n) is 4.24. The maximum absolute atomic E-state index is 6.39. The summed E-state index contributed by atoms with van der Waals surface area (Å²) in [6.07, 6.45) is 1.32. The summed E-state index contributed by atoms with van der Waals surface area (Å²) in [4.78, 5) is 2.49. The van der Waals surface area contributed by atoms with Crippen molar-refractivity contribution in [3.63, 3.8) is 0 Å². The molecule has 2 N–H and O–H groups in total. The first-order valence-corrected chi connectivity index (χ1v) is 7.73. The van der Waals surface area contributed by atoms with Crippen molar-refractivity contribution in [3.8, 4) is 11.5 Å². The third-order valence-corrected chi connectivity index (χ3v) is 4.24. The van der Waals surface area contributed by atoms with Gasteiger partial charge in [-0.25, -0.2) is 0 Å². The molecule has 3 unspecified atom stereocenters. The zero-order valence-electron chi connectivity index (χ0n) is 13.6. The molecule has 0 saturated carbocycles. The minimum atomic E-state index is 0.00214. The Morgan fingerprint density at radius 3 is 2.33 bits per heavy atom. The van der Waals surface area contributed by atoms with Gasteiger partial charge in [-0.15, -0.1) is 0 Å². The quantitative estimate of drug-likeness (QED) is 0.906. The topological polar surface area (TPSA) is 47.7 Å². The van der Waals surface area contributed by atoms with E-state index in [9.17, 15) is 0 Å². The number of nitrogens with zero attached hydrogens (tertiary/aromatic N) is 1. The first-order valence-electron chi connectivity index (χ1n) is 7.73. The van der Waals surface area contributed by atoms with Crippen LogP contribution < -0.4 is 15.2 Å². The molecule has 4 heteroatoms. The van der Waals surface area contributed by atoms with E-state index in [2.05, 4.69) is 18.7 Å². The van der Waals surface area contributed by atoms with Crippen LogP contribution in [0.3, 0.4) is 0 Å². The fourth-order valence-corrected chi connectivity index (χ4v) is 3.41. The van der Waals surface area contributed by atoms with Crippen molar-refractivity contribution in [2.24, 2.45) is 17.6 Å². The summed E-state index contributed by atoms with van der Waals surface area (Å²) >= 11 is 0. The second-order valence-electron chi connectivity index (χ2n) is 6.39. The highest BCUT2D eigenvalue weighted by molar-refractivity contribution is 5.43. The van der Waals surface area contributed by atoms with Crippen molar-refractivity contribution in [1.82, 2.24) is 4.90 Å². The molecule has 0 radical (unpaired) electrons. The standard InChI is InChI=1S/C17H28N2O2/c1-12-7-13(2)10-19(9-12)11-15(18)14-5-6-16(20-3)17(8-14)21-4/h5-6,8,12-13,15H,7,9-11,18H2,1-4H3. The monoisotopic (exact) mass is 292 g/mol. The number of hydrogen-bond acceptors (Lipinski definition) is 4. The SMILES string of the molecule is COc1ccc(C(N)CN2CC(C)CC(C)C2)cc1OC. The molecule has 0 aromatic heterocycles. The van der Waals surface area contributed by atoms with Crippen LogP contribution in [0.5, 0.6) is 11.5 Å². The third kappa shape index (κ3) is 4.11. The van der Waals surface area contributed by atoms with E-state index in [4.69, 9.17) is 15.2 Å². The molecule has 0 bridgehead atoms. The Balaban J connectivity index is 2.04. The summed E-state index contributed by atoms with van der Waals surface area (Å²) in [6.45, 7) is 7.83. The van der Waals surface area contributed by atoms with Crippen LogP contribution >= 0.6 is 0 Å². The molecule has 2 rings (SSSR count). The highest BCUT2D eigenvalue weighted by Crippen LogP contribution is 2.30. The van der Waals surface area contributed by atoms with Crippen LogP contribution in [0.25, 0.3) is 0 Å². The Kier molecular flexibility index (Phi) is 5.48. The molecule has 0 spiro atoms. The number of nitrogens with two attached hydrogens (primary N) is 1. The van der Waals surface area contributed by atoms with Gasteiger partial charge in [-0.05, 0) is 36.0 Å². The van der Waals surface area contributed by atoms with Crippen LogP contribution in [-0.4, -0.2) is 38.8 Å². The number of methoxy groups -OCH3 is 2. The minimum absolute atomic E-state index is 0.00214. The van der Waals surface area contributed by atoms with Gasteiger partial charge in [-0.2, -0.15) is 0 Å². The number of ether oxygens (including phenoxy) is 2. The molecule has 0 amide bonds. The van der Waals surface area contributed by atoms with Crippen LogP contribution in [0.15, 0.2) is 18.2 Å². The maximum atomic E-state index is 6.39. The maximum Gasteiger partial charge on any atom is 0.161 e. The van der Waals surface area contributed by atoms with E-state index >= 15 is 0 Å². The molecule has 1 aromatic rings. The summed E-state index contributed by atoms with van der Waals surface area (Å²) in [5.41, 5.74) is 7.49. The van der Waals surface area contributed by atoms with Crippen LogP contribution in [0.4, 0.5) is 0 Å². The molecule has 118 valence electrons. The summed E-state index contributed by atoms with van der Waals surface area (Å²) in [6, 6.07) is 5.95. The molecule has 1 fully saturated rings. The van der Waals surface area contributed by atoms with E-state index in [1.54, 1.807) is 14.2 Å². The van der Waals surface area contributed by atoms with Crippen LogP contribution in [-0.2, 0) is 0 Å². The van der Waals surface area contributed by atoms with Crippen LogP contribution in [0.1, 0.15) is 31.9 Å². The summed E-state index contributed by atoms with van der Waals surface area (Å²) < 4.78 is 10.6. The Morgan fingerprint density at radius 2 is 1.76 bits per heavy atom. The zero-order chi connectivity index (χ0) is 15.4. The first kappa shape index (κ1) is 16.1. The molecule has 0 aliphatic carbocycles. The Bertz CT molecular complexity index is 454.